The van der Waals surface area contributed by atoms with Crippen molar-refractivity contribution in [3.63, 3.8) is 0 Å². The lowest BCUT2D eigenvalue weighted by Gasteiger charge is -2.08. The molecule has 0 aliphatic heterocycles. The molecule has 3 rings (SSSR count). The number of rotatable bonds is 5. The molecule has 2 N–H and O–H groups in total. The van der Waals surface area contributed by atoms with E-state index in [0.717, 1.165) is 11.4 Å². The molecule has 2 heterocycles. The van der Waals surface area contributed by atoms with Gasteiger partial charge in [-0.1, -0.05) is 23.2 Å². The number of halogens is 2. The largest absolute Gasteiger partial charge is 0.467 e. The summed E-state index contributed by atoms with van der Waals surface area (Å²) in [6, 6.07) is 12.0. The van der Waals surface area contributed by atoms with Crippen LogP contribution in [0.3, 0.4) is 0 Å². The van der Waals surface area contributed by atoms with Crippen LogP contribution in [0.2, 0.25) is 10.0 Å². The standard InChI is InChI=1S/C17H13Cl2N3O2/c18-11-3-5-15(14(19)8-11)22-17(23)16-6-4-12(9-21-16)20-10-13-2-1-7-24-13/h1-9,20H,10H2,(H,22,23). The highest BCUT2D eigenvalue weighted by atomic mass is 35.5. The molecule has 3 aromatic rings. The van der Waals surface area contributed by atoms with Gasteiger partial charge in [-0.15, -0.1) is 0 Å². The lowest BCUT2D eigenvalue weighted by Crippen LogP contribution is -2.14. The van der Waals surface area contributed by atoms with Gasteiger partial charge in [0.2, 0.25) is 0 Å². The van der Waals surface area contributed by atoms with Gasteiger partial charge in [0.15, 0.2) is 0 Å². The summed E-state index contributed by atoms with van der Waals surface area (Å²) in [6.07, 6.45) is 3.20. The molecule has 0 saturated carbocycles. The first-order valence-corrected chi connectivity index (χ1v) is 7.86. The van der Waals surface area contributed by atoms with Gasteiger partial charge in [-0.3, -0.25) is 4.79 Å². The van der Waals surface area contributed by atoms with E-state index in [1.165, 1.54) is 0 Å². The monoisotopic (exact) mass is 361 g/mol. The minimum atomic E-state index is -0.350. The third kappa shape index (κ3) is 4.07. The van der Waals surface area contributed by atoms with Crippen molar-refractivity contribution in [2.75, 3.05) is 10.6 Å². The van der Waals surface area contributed by atoms with Crippen LogP contribution in [0, 0.1) is 0 Å². The van der Waals surface area contributed by atoms with Gasteiger partial charge in [0, 0.05) is 5.02 Å². The Morgan fingerprint density at radius 2 is 2.04 bits per heavy atom. The van der Waals surface area contributed by atoms with Crippen molar-refractivity contribution < 1.29 is 9.21 Å². The molecular formula is C17H13Cl2N3O2. The Hall–Kier alpha value is -2.50. The first-order valence-electron chi connectivity index (χ1n) is 7.10. The molecule has 0 aliphatic rings. The van der Waals surface area contributed by atoms with E-state index in [1.54, 1.807) is 42.8 Å². The van der Waals surface area contributed by atoms with E-state index in [-0.39, 0.29) is 11.6 Å². The van der Waals surface area contributed by atoms with Crippen molar-refractivity contribution in [3.8, 4) is 0 Å². The number of benzene rings is 1. The highest BCUT2D eigenvalue weighted by Gasteiger charge is 2.10. The van der Waals surface area contributed by atoms with Crippen molar-refractivity contribution in [1.29, 1.82) is 0 Å². The van der Waals surface area contributed by atoms with E-state index in [2.05, 4.69) is 15.6 Å². The van der Waals surface area contributed by atoms with Crippen LogP contribution in [0.1, 0.15) is 16.2 Å². The molecule has 24 heavy (non-hydrogen) atoms. The molecule has 0 fully saturated rings. The highest BCUT2D eigenvalue weighted by molar-refractivity contribution is 6.36. The number of nitrogens with one attached hydrogen (secondary N) is 2. The summed E-state index contributed by atoms with van der Waals surface area (Å²) in [6.45, 7) is 0.542. The normalized spacial score (nSPS) is 10.4. The molecule has 7 heteroatoms. The van der Waals surface area contributed by atoms with Crippen LogP contribution in [-0.4, -0.2) is 10.9 Å². The summed E-state index contributed by atoms with van der Waals surface area (Å²) in [5, 5.41) is 6.73. The number of hydrogen-bond acceptors (Lipinski definition) is 4. The van der Waals surface area contributed by atoms with Gasteiger partial charge in [0.1, 0.15) is 11.5 Å². The minimum Gasteiger partial charge on any atom is -0.467 e. The number of nitrogens with zero attached hydrogens (tertiary/aromatic N) is 1. The summed E-state index contributed by atoms with van der Waals surface area (Å²) in [7, 11) is 0. The molecule has 0 bridgehead atoms. The number of anilines is 2. The molecule has 0 saturated heterocycles. The molecule has 122 valence electrons. The first-order chi connectivity index (χ1) is 11.6. The Kier molecular flexibility index (Phi) is 5.03. The summed E-state index contributed by atoms with van der Waals surface area (Å²) in [5.74, 6) is 0.464. The summed E-state index contributed by atoms with van der Waals surface area (Å²) >= 11 is 11.9. The van der Waals surface area contributed by atoms with E-state index >= 15 is 0 Å². The van der Waals surface area contributed by atoms with Crippen LogP contribution in [0.25, 0.3) is 0 Å². The third-order valence-corrected chi connectivity index (χ3v) is 3.77. The number of furan rings is 1. The van der Waals surface area contributed by atoms with Gasteiger partial charge >= 0.3 is 0 Å². The van der Waals surface area contributed by atoms with Crippen LogP contribution in [0.15, 0.2) is 59.3 Å². The van der Waals surface area contributed by atoms with E-state index in [4.69, 9.17) is 27.6 Å². The van der Waals surface area contributed by atoms with Crippen LogP contribution in [-0.2, 0) is 6.54 Å². The van der Waals surface area contributed by atoms with Crippen LogP contribution < -0.4 is 10.6 Å². The van der Waals surface area contributed by atoms with Gasteiger partial charge < -0.3 is 15.1 Å². The summed E-state index contributed by atoms with van der Waals surface area (Å²) in [4.78, 5) is 16.4. The van der Waals surface area contributed by atoms with Crippen LogP contribution in [0.5, 0.6) is 0 Å². The smallest absolute Gasteiger partial charge is 0.274 e. The molecule has 0 unspecified atom stereocenters. The average molecular weight is 362 g/mol. The van der Waals surface area contributed by atoms with Gasteiger partial charge in [-0.05, 0) is 42.5 Å². The Bertz CT molecular complexity index is 834. The van der Waals surface area contributed by atoms with Crippen LogP contribution >= 0.6 is 23.2 Å². The van der Waals surface area contributed by atoms with Crippen molar-refractivity contribution in [2.45, 2.75) is 6.54 Å². The average Bonchev–Trinajstić information content (AvgIpc) is 3.09. The zero-order valence-electron chi connectivity index (χ0n) is 12.4. The lowest BCUT2D eigenvalue weighted by molar-refractivity contribution is 0.102. The Morgan fingerprint density at radius 1 is 1.17 bits per heavy atom. The Balaban J connectivity index is 1.63. The SMILES string of the molecule is O=C(Nc1ccc(Cl)cc1Cl)c1ccc(NCc2ccco2)cn1. The second-order valence-electron chi connectivity index (χ2n) is 4.94. The maximum absolute atomic E-state index is 12.2. The highest BCUT2D eigenvalue weighted by Crippen LogP contribution is 2.25. The molecule has 2 aromatic heterocycles. The number of carbonyl (C=O) groups is 1. The topological polar surface area (TPSA) is 67.2 Å². The zero-order valence-corrected chi connectivity index (χ0v) is 13.9. The molecule has 1 amide bonds. The number of amides is 1. The molecule has 0 spiro atoms. The molecule has 1 aromatic carbocycles. The Morgan fingerprint density at radius 3 is 2.71 bits per heavy atom. The fourth-order valence-electron chi connectivity index (χ4n) is 2.01. The zero-order chi connectivity index (χ0) is 16.9. The number of hydrogen-bond donors (Lipinski definition) is 2. The second-order valence-corrected chi connectivity index (χ2v) is 5.79. The van der Waals surface area contributed by atoms with Gasteiger partial charge in [0.05, 0.1) is 35.4 Å². The van der Waals surface area contributed by atoms with Gasteiger partial charge in [0.25, 0.3) is 5.91 Å². The maximum Gasteiger partial charge on any atom is 0.274 e. The molecule has 0 atom stereocenters. The number of pyridine rings is 1. The van der Waals surface area contributed by atoms with Gasteiger partial charge in [-0.2, -0.15) is 0 Å². The van der Waals surface area contributed by atoms with Crippen molar-refractivity contribution in [1.82, 2.24) is 4.98 Å². The maximum atomic E-state index is 12.2. The Labute approximate surface area is 148 Å². The van der Waals surface area contributed by atoms with Crippen molar-refractivity contribution >= 4 is 40.5 Å². The van der Waals surface area contributed by atoms with Crippen molar-refractivity contribution in [3.05, 3.63) is 76.4 Å². The molecular weight excluding hydrogens is 349 g/mol. The van der Waals surface area contributed by atoms with Crippen LogP contribution in [0.4, 0.5) is 11.4 Å². The van der Waals surface area contributed by atoms with Crippen molar-refractivity contribution in [2.24, 2.45) is 0 Å². The number of carbonyl (C=O) groups excluding carboxylic acids is 1. The fourth-order valence-corrected chi connectivity index (χ4v) is 2.47. The van der Waals surface area contributed by atoms with E-state index < -0.39 is 0 Å². The van der Waals surface area contributed by atoms with E-state index in [1.807, 2.05) is 12.1 Å². The molecule has 5 nitrogen and oxygen atoms in total. The predicted molar refractivity (Wildman–Crippen MR) is 94.7 cm³/mol. The quantitative estimate of drug-likeness (QED) is 0.681. The van der Waals surface area contributed by atoms with E-state index in [9.17, 15) is 4.79 Å². The van der Waals surface area contributed by atoms with Gasteiger partial charge in [-0.25, -0.2) is 4.98 Å². The first kappa shape index (κ1) is 16.4. The minimum absolute atomic E-state index is 0.282. The molecule has 0 radical (unpaired) electrons. The van der Waals surface area contributed by atoms with E-state index in [0.29, 0.717) is 22.3 Å². The third-order valence-electron chi connectivity index (χ3n) is 3.22. The second kappa shape index (κ2) is 7.38. The fraction of sp³-hybridized carbons (Fsp3) is 0.0588. The summed E-state index contributed by atoms with van der Waals surface area (Å²) < 4.78 is 5.23. The predicted octanol–water partition coefficient (Wildman–Crippen LogP) is 4.85. The number of aromatic nitrogens is 1. The molecule has 0 aliphatic carbocycles. The lowest BCUT2D eigenvalue weighted by atomic mass is 10.2. The summed E-state index contributed by atoms with van der Waals surface area (Å²) in [5.41, 5.74) is 1.55.